The summed E-state index contributed by atoms with van der Waals surface area (Å²) in [5.74, 6) is 1.04. The van der Waals surface area contributed by atoms with Crippen molar-refractivity contribution >= 4 is 23.4 Å². The molecule has 2 aromatic heterocycles. The molecule has 3 rings (SSSR count). The van der Waals surface area contributed by atoms with Crippen molar-refractivity contribution in [2.24, 2.45) is 4.99 Å². The van der Waals surface area contributed by atoms with Gasteiger partial charge in [0.05, 0.1) is 11.4 Å². The quantitative estimate of drug-likeness (QED) is 0.516. The highest BCUT2D eigenvalue weighted by Gasteiger charge is 2.08. The molecule has 0 radical (unpaired) electrons. The summed E-state index contributed by atoms with van der Waals surface area (Å²) >= 11 is 1.75. The minimum Gasteiger partial charge on any atom is -0.329 e. The Morgan fingerprint density at radius 3 is 3.38 bits per heavy atom. The number of thiophene rings is 1. The number of fused-ring (bicyclic) bond motifs is 2. The summed E-state index contributed by atoms with van der Waals surface area (Å²) in [6.45, 7) is 0.946. The predicted molar refractivity (Wildman–Crippen MR) is 55.1 cm³/mol. The van der Waals surface area contributed by atoms with Gasteiger partial charge in [0.2, 0.25) is 0 Å². The Hall–Kier alpha value is -1.35. The van der Waals surface area contributed by atoms with Crippen LogP contribution in [0.1, 0.15) is 10.4 Å². The van der Waals surface area contributed by atoms with Crippen LogP contribution in [0, 0.1) is 0 Å². The Morgan fingerprint density at radius 1 is 1.38 bits per heavy atom. The first-order valence-electron chi connectivity index (χ1n) is 4.19. The van der Waals surface area contributed by atoms with Gasteiger partial charge >= 0.3 is 0 Å². The van der Waals surface area contributed by atoms with E-state index in [0.29, 0.717) is 0 Å². The van der Waals surface area contributed by atoms with Gasteiger partial charge in [-0.3, -0.25) is 0 Å². The summed E-state index contributed by atoms with van der Waals surface area (Å²) in [6.07, 6.45) is 4.03. The zero-order valence-electron chi connectivity index (χ0n) is 6.97. The number of nitrogens with zero attached hydrogens (tertiary/aromatic N) is 2. The van der Waals surface area contributed by atoms with E-state index in [1.807, 2.05) is 18.3 Å². The molecule has 0 aromatic carbocycles. The van der Waals surface area contributed by atoms with Gasteiger partial charge in [-0.25, -0.2) is 4.99 Å². The average molecular weight is 188 g/mol. The van der Waals surface area contributed by atoms with Gasteiger partial charge in [-0.05, 0) is 29.1 Å². The van der Waals surface area contributed by atoms with Crippen molar-refractivity contribution in [3.63, 3.8) is 0 Å². The largest absolute Gasteiger partial charge is 0.329 e. The normalized spacial score (nSPS) is 13.5. The number of hydrogen-bond donors (Lipinski definition) is 0. The third-order valence-corrected chi connectivity index (χ3v) is 3.13. The number of aliphatic imine (C=N–C) groups is 1. The highest BCUT2D eigenvalue weighted by molar-refractivity contribution is 7.11. The van der Waals surface area contributed by atoms with Crippen molar-refractivity contribution in [3.8, 4) is 0 Å². The molecule has 3 heterocycles. The molecular formula is C10H8N2S. The van der Waals surface area contributed by atoms with Gasteiger partial charge in [0.15, 0.2) is 0 Å². The molecule has 0 N–H and O–H groups in total. The van der Waals surface area contributed by atoms with Gasteiger partial charge in [0.25, 0.3) is 0 Å². The van der Waals surface area contributed by atoms with Gasteiger partial charge in [-0.15, -0.1) is 11.3 Å². The molecule has 64 valence electrons. The molecule has 0 saturated carbocycles. The van der Waals surface area contributed by atoms with E-state index in [1.165, 1.54) is 10.4 Å². The van der Waals surface area contributed by atoms with Gasteiger partial charge in [0.1, 0.15) is 5.82 Å². The van der Waals surface area contributed by atoms with Crippen molar-refractivity contribution in [2.45, 2.75) is 6.54 Å². The highest BCUT2D eigenvalue weighted by atomic mass is 32.1. The Bertz CT molecular complexity index is 422. The van der Waals surface area contributed by atoms with Crippen molar-refractivity contribution in [2.75, 3.05) is 0 Å². The van der Waals surface area contributed by atoms with E-state index in [9.17, 15) is 0 Å². The van der Waals surface area contributed by atoms with Crippen LogP contribution in [0.15, 0.2) is 34.8 Å². The lowest BCUT2D eigenvalue weighted by atomic mass is 10.3. The van der Waals surface area contributed by atoms with Crippen molar-refractivity contribution in [3.05, 3.63) is 40.2 Å². The lowest BCUT2D eigenvalue weighted by Crippen LogP contribution is -1.95. The second kappa shape index (κ2) is 2.57. The van der Waals surface area contributed by atoms with Crippen LogP contribution in [0.5, 0.6) is 0 Å². The Labute approximate surface area is 80.2 Å². The molecule has 13 heavy (non-hydrogen) atoms. The van der Waals surface area contributed by atoms with Crippen LogP contribution in [0.3, 0.4) is 0 Å². The topological polar surface area (TPSA) is 17.3 Å². The molecule has 0 atom stereocenters. The average Bonchev–Trinajstić information content (AvgIpc) is 2.72. The maximum Gasteiger partial charge on any atom is 0.132 e. The van der Waals surface area contributed by atoms with Gasteiger partial charge in [-0.2, -0.15) is 0 Å². The number of rotatable bonds is 0. The van der Waals surface area contributed by atoms with Crippen LogP contribution >= 0.6 is 11.3 Å². The van der Waals surface area contributed by atoms with Crippen molar-refractivity contribution in [1.29, 1.82) is 0 Å². The molecule has 2 nitrogen and oxygen atoms in total. The van der Waals surface area contributed by atoms with Crippen LogP contribution in [0.2, 0.25) is 0 Å². The molecule has 2 aromatic rings. The summed E-state index contributed by atoms with van der Waals surface area (Å²) in [5.41, 5.74) is 1.36. The number of hydrogen-bond acceptors (Lipinski definition) is 2. The van der Waals surface area contributed by atoms with E-state index >= 15 is 0 Å². The van der Waals surface area contributed by atoms with Crippen LogP contribution in [0.25, 0.3) is 0 Å². The fraction of sp³-hybridized carbons (Fsp3) is 0.100. The zero-order valence-corrected chi connectivity index (χ0v) is 7.79. The van der Waals surface area contributed by atoms with E-state index in [1.54, 1.807) is 11.3 Å². The molecule has 0 amide bonds. The molecule has 0 spiro atoms. The molecule has 1 aliphatic rings. The van der Waals surface area contributed by atoms with E-state index in [-0.39, 0.29) is 0 Å². The minimum atomic E-state index is 0.946. The van der Waals surface area contributed by atoms with Gasteiger partial charge in [-0.1, -0.05) is 0 Å². The Balaban J connectivity index is 2.20. The standard InChI is InChI=1S/C10H8N2S/c1-2-10-11-6-9-8(3-5-13-9)7-12(10)4-1/h1-6H,7H2. The number of aromatic nitrogens is 1. The van der Waals surface area contributed by atoms with Crippen LogP contribution in [0.4, 0.5) is 5.82 Å². The van der Waals surface area contributed by atoms with Crippen LogP contribution in [-0.4, -0.2) is 10.8 Å². The molecule has 0 saturated heterocycles. The second-order valence-corrected chi connectivity index (χ2v) is 4.01. The zero-order chi connectivity index (χ0) is 8.67. The van der Waals surface area contributed by atoms with Gasteiger partial charge < -0.3 is 4.57 Å². The minimum absolute atomic E-state index is 0.946. The summed E-state index contributed by atoms with van der Waals surface area (Å²) in [6, 6.07) is 6.23. The van der Waals surface area contributed by atoms with E-state index in [4.69, 9.17) is 0 Å². The predicted octanol–water partition coefficient (Wildman–Crippen LogP) is 2.66. The SMILES string of the molecule is C1=Nc2cccn2Cc2ccsc21. The first-order valence-corrected chi connectivity index (χ1v) is 5.07. The third-order valence-electron chi connectivity index (χ3n) is 2.24. The molecule has 1 aliphatic heterocycles. The summed E-state index contributed by atoms with van der Waals surface area (Å²) < 4.78 is 2.16. The van der Waals surface area contributed by atoms with Crippen molar-refractivity contribution < 1.29 is 0 Å². The molecule has 3 heteroatoms. The highest BCUT2D eigenvalue weighted by Crippen LogP contribution is 2.23. The lowest BCUT2D eigenvalue weighted by Gasteiger charge is -2.01. The summed E-state index contributed by atoms with van der Waals surface area (Å²) in [4.78, 5) is 5.69. The van der Waals surface area contributed by atoms with Gasteiger partial charge in [0, 0.05) is 12.4 Å². The van der Waals surface area contributed by atoms with E-state index in [0.717, 1.165) is 12.4 Å². The molecule has 0 aliphatic carbocycles. The molecule has 0 unspecified atom stereocenters. The summed E-state index contributed by atoms with van der Waals surface area (Å²) in [7, 11) is 0. The summed E-state index contributed by atoms with van der Waals surface area (Å²) in [5, 5.41) is 2.12. The smallest absolute Gasteiger partial charge is 0.132 e. The third kappa shape index (κ3) is 1.04. The first-order chi connectivity index (χ1) is 6.43. The second-order valence-electron chi connectivity index (χ2n) is 3.06. The monoisotopic (exact) mass is 188 g/mol. The molecule has 0 fully saturated rings. The fourth-order valence-electron chi connectivity index (χ4n) is 1.56. The van der Waals surface area contributed by atoms with Crippen LogP contribution in [-0.2, 0) is 6.54 Å². The molecule has 0 bridgehead atoms. The Kier molecular flexibility index (Phi) is 1.40. The molecular weight excluding hydrogens is 180 g/mol. The first kappa shape index (κ1) is 7.09. The maximum absolute atomic E-state index is 4.41. The van der Waals surface area contributed by atoms with Crippen molar-refractivity contribution in [1.82, 2.24) is 4.57 Å². The van der Waals surface area contributed by atoms with E-state index in [2.05, 4.69) is 27.2 Å². The van der Waals surface area contributed by atoms with E-state index < -0.39 is 0 Å². The van der Waals surface area contributed by atoms with Crippen LogP contribution < -0.4 is 0 Å². The fourth-order valence-corrected chi connectivity index (χ4v) is 2.33. The Morgan fingerprint density at radius 2 is 2.38 bits per heavy atom. The maximum atomic E-state index is 4.41. The lowest BCUT2D eigenvalue weighted by molar-refractivity contribution is 0.816.